The van der Waals surface area contributed by atoms with E-state index in [1.54, 1.807) is 46.2 Å². The van der Waals surface area contributed by atoms with E-state index >= 15 is 0 Å². The van der Waals surface area contributed by atoms with Crippen molar-refractivity contribution in [3.05, 3.63) is 69.7 Å². The van der Waals surface area contributed by atoms with Crippen LogP contribution in [0.15, 0.2) is 48.5 Å². The Balaban J connectivity index is 0.000000325. The summed E-state index contributed by atoms with van der Waals surface area (Å²) in [6.45, 7) is 23.4. The highest BCUT2D eigenvalue weighted by Gasteiger charge is 2.46. The quantitative estimate of drug-likeness (QED) is 0.175. The number of carboxylic acid groups (broad SMARTS) is 1. The monoisotopic (exact) mass is 888 g/mol. The lowest BCUT2D eigenvalue weighted by molar-refractivity contribution is -0.146. The van der Waals surface area contributed by atoms with Gasteiger partial charge in [0, 0.05) is 59.1 Å². The van der Waals surface area contributed by atoms with Crippen molar-refractivity contribution < 1.29 is 38.6 Å². The molecule has 5 N–H and O–H groups in total. The summed E-state index contributed by atoms with van der Waals surface area (Å²) < 4.78 is 5.00. The first-order valence-electron chi connectivity index (χ1n) is 20.5. The maximum Gasteiger partial charge on any atom is 0.315 e. The van der Waals surface area contributed by atoms with E-state index in [9.17, 15) is 33.9 Å². The third-order valence-corrected chi connectivity index (χ3v) is 10.9. The van der Waals surface area contributed by atoms with Crippen LogP contribution in [0.3, 0.4) is 0 Å². The van der Waals surface area contributed by atoms with Crippen molar-refractivity contribution in [1.29, 1.82) is 0 Å². The summed E-state index contributed by atoms with van der Waals surface area (Å²) in [7, 11) is 1.35. The van der Waals surface area contributed by atoms with E-state index in [1.807, 2.05) is 95.2 Å². The van der Waals surface area contributed by atoms with Crippen LogP contribution in [0.25, 0.3) is 0 Å². The van der Waals surface area contributed by atoms with Gasteiger partial charge in [-0.3, -0.25) is 19.2 Å². The van der Waals surface area contributed by atoms with Crippen LogP contribution in [0.5, 0.6) is 0 Å². The Labute approximate surface area is 371 Å². The van der Waals surface area contributed by atoms with Crippen LogP contribution in [-0.4, -0.2) is 107 Å². The average Bonchev–Trinajstić information content (AvgIpc) is 3.77. The molecule has 4 rings (SSSR count). The average molecular weight is 890 g/mol. The normalized spacial score (nSPS) is 20.4. The molecule has 0 aromatic heterocycles. The topological polar surface area (TPSA) is 186 Å². The van der Waals surface area contributed by atoms with E-state index in [0.717, 1.165) is 11.1 Å². The molecule has 6 atom stereocenters. The highest BCUT2D eigenvalue weighted by molar-refractivity contribution is 6.30. The summed E-state index contributed by atoms with van der Waals surface area (Å²) in [6, 6.07) is 11.9. The van der Waals surface area contributed by atoms with E-state index in [4.69, 9.17) is 27.9 Å². The smallest absolute Gasteiger partial charge is 0.315 e. The highest BCUT2D eigenvalue weighted by atomic mass is 35.5. The largest absolute Gasteiger partial charge is 0.481 e. The molecule has 0 aliphatic carbocycles. The zero-order valence-corrected chi connectivity index (χ0v) is 39.4. The number of methoxy groups -OCH3 is 1. The molecule has 2 aromatic rings. The Morgan fingerprint density at radius 1 is 0.590 bits per heavy atom. The number of carboxylic acids is 1. The second-order valence-electron chi connectivity index (χ2n) is 20.2. The van der Waals surface area contributed by atoms with E-state index in [0.29, 0.717) is 16.6 Å². The molecule has 0 spiro atoms. The molecule has 2 aliphatic heterocycles. The maximum absolute atomic E-state index is 13.5. The zero-order chi connectivity index (χ0) is 46.4. The Bertz CT molecular complexity index is 1880. The van der Waals surface area contributed by atoms with Gasteiger partial charge in [0.1, 0.15) is 12.1 Å². The first-order chi connectivity index (χ1) is 27.9. The van der Waals surface area contributed by atoms with E-state index in [-0.39, 0.29) is 49.3 Å². The predicted octanol–water partition coefficient (Wildman–Crippen LogP) is 7.05. The number of aliphatic carboxylic acids is 1. The molecule has 2 aliphatic rings. The van der Waals surface area contributed by atoms with Crippen LogP contribution in [-0.2, 0) is 23.9 Å². The van der Waals surface area contributed by atoms with Crippen LogP contribution in [0.4, 0.5) is 9.59 Å². The van der Waals surface area contributed by atoms with Gasteiger partial charge >= 0.3 is 24.0 Å². The summed E-state index contributed by atoms with van der Waals surface area (Å²) in [6.07, 6.45) is 0. The maximum atomic E-state index is 13.5. The van der Waals surface area contributed by atoms with E-state index in [1.165, 1.54) is 7.11 Å². The van der Waals surface area contributed by atoms with Crippen molar-refractivity contribution in [1.82, 2.24) is 31.1 Å². The summed E-state index contributed by atoms with van der Waals surface area (Å²) in [5.74, 6) is -3.57. The number of amides is 6. The van der Waals surface area contributed by atoms with Crippen molar-refractivity contribution in [2.45, 2.75) is 118 Å². The summed E-state index contributed by atoms with van der Waals surface area (Å²) >= 11 is 12.0. The van der Waals surface area contributed by atoms with Crippen molar-refractivity contribution in [2.24, 2.45) is 22.7 Å². The van der Waals surface area contributed by atoms with Crippen LogP contribution in [0, 0.1) is 22.7 Å². The van der Waals surface area contributed by atoms with Crippen LogP contribution in [0.2, 0.25) is 10.0 Å². The number of halogens is 2. The van der Waals surface area contributed by atoms with Gasteiger partial charge in [0.25, 0.3) is 0 Å². The van der Waals surface area contributed by atoms with Gasteiger partial charge in [-0.15, -0.1) is 0 Å². The number of urea groups is 2. The molecule has 0 unspecified atom stereocenters. The van der Waals surface area contributed by atoms with Crippen molar-refractivity contribution >= 4 is 59.0 Å². The first kappa shape index (κ1) is 50.8. The molecule has 61 heavy (non-hydrogen) atoms. The number of hydrogen-bond acceptors (Lipinski definition) is 7. The van der Waals surface area contributed by atoms with Crippen molar-refractivity contribution in [3.63, 3.8) is 0 Å². The zero-order valence-electron chi connectivity index (χ0n) is 37.9. The molecule has 2 saturated heterocycles. The number of nitrogens with zero attached hydrogens (tertiary/aromatic N) is 2. The number of rotatable bonds is 8. The fourth-order valence-corrected chi connectivity index (χ4v) is 7.63. The minimum Gasteiger partial charge on any atom is -0.481 e. The molecule has 0 saturated carbocycles. The number of benzene rings is 2. The third-order valence-electron chi connectivity index (χ3n) is 10.4. The van der Waals surface area contributed by atoms with Gasteiger partial charge in [-0.2, -0.15) is 0 Å². The van der Waals surface area contributed by atoms with Crippen molar-refractivity contribution in [3.8, 4) is 0 Å². The van der Waals surface area contributed by atoms with Gasteiger partial charge in [0.15, 0.2) is 0 Å². The van der Waals surface area contributed by atoms with Crippen LogP contribution < -0.4 is 21.3 Å². The Morgan fingerprint density at radius 3 is 1.21 bits per heavy atom. The highest BCUT2D eigenvalue weighted by Crippen LogP contribution is 2.37. The fraction of sp³-hybridized carbons (Fsp3) is 0.600. The molecule has 0 radical (unpaired) electrons. The molecule has 2 heterocycles. The number of carbonyl (C=O) groups excluding carboxylic acids is 5. The predicted molar refractivity (Wildman–Crippen MR) is 238 cm³/mol. The SMILES string of the molecule is CC(C)(C)NC(=O)N[C@H](C(=O)N1C[C@@H](C(=O)O)[C@H](c2ccc(Cl)cc2)C1)C(C)(C)C.COC(=O)[C@@H]1CN(C(=O)[C@@H](NC(=O)NC(C)(C)C)C(C)(C)C)C[C@H]1c1ccc(Cl)cc1. The molecule has 16 heteroatoms. The van der Waals surface area contributed by atoms with Gasteiger partial charge in [0.2, 0.25) is 11.8 Å². The number of ether oxygens (including phenoxy) is 1. The lowest BCUT2D eigenvalue weighted by Crippen LogP contribution is -2.58. The molecular formula is C45H66Cl2N6O8. The first-order valence-corrected chi connectivity index (χ1v) is 21.2. The minimum absolute atomic E-state index is 0.0939. The van der Waals surface area contributed by atoms with Crippen molar-refractivity contribution in [2.75, 3.05) is 33.3 Å². The molecule has 0 bridgehead atoms. The van der Waals surface area contributed by atoms with Gasteiger partial charge in [-0.25, -0.2) is 9.59 Å². The number of hydrogen-bond donors (Lipinski definition) is 5. The molecule has 6 amide bonds. The van der Waals surface area contributed by atoms with Gasteiger partial charge in [0.05, 0.1) is 18.9 Å². The second kappa shape index (κ2) is 20.1. The van der Waals surface area contributed by atoms with Crippen LogP contribution in [0.1, 0.15) is 106 Å². The number of esters is 1. The van der Waals surface area contributed by atoms with Gasteiger partial charge in [-0.1, -0.05) is 89.0 Å². The third kappa shape index (κ3) is 14.8. The van der Waals surface area contributed by atoms with Gasteiger partial charge in [-0.05, 0) is 87.8 Å². The number of likely N-dealkylation sites (tertiary alicyclic amines) is 2. The summed E-state index contributed by atoms with van der Waals surface area (Å²) in [5.41, 5.74) is -0.209. The minimum atomic E-state index is -0.948. The molecule has 14 nitrogen and oxygen atoms in total. The van der Waals surface area contributed by atoms with E-state index < -0.39 is 63.9 Å². The lowest BCUT2D eigenvalue weighted by Gasteiger charge is -2.34. The Kier molecular flexibility index (Phi) is 16.7. The molecule has 338 valence electrons. The summed E-state index contributed by atoms with van der Waals surface area (Å²) in [4.78, 5) is 79.3. The standard InChI is InChI=1S/C23H34ClN3O4.C22H32ClN3O4/c1-22(2,3)18(25-21(30)26-23(4,5)6)19(28)27-12-16(17(13-27)20(29)31-7)14-8-10-15(24)11-9-14;1-21(2,3)17(24-20(30)25-22(4,5)6)18(27)26-11-15(16(12-26)19(28)29)13-7-9-14(23)10-8-13/h8-11,16-18H,12-13H2,1-7H3,(H2,25,26,30);7-10,15-17H,11-12H2,1-6H3,(H,28,29)(H2,24,25,30)/t16-,17+,18+;15-,16+,17+/m00/s1. The number of carbonyl (C=O) groups is 6. The van der Waals surface area contributed by atoms with E-state index in [2.05, 4.69) is 21.3 Å². The second-order valence-corrected chi connectivity index (χ2v) is 21.0. The Hall–Kier alpha value is -4.56. The fourth-order valence-electron chi connectivity index (χ4n) is 7.38. The molecule has 2 fully saturated rings. The van der Waals surface area contributed by atoms with Crippen LogP contribution >= 0.6 is 23.2 Å². The summed E-state index contributed by atoms with van der Waals surface area (Å²) in [5, 5.41) is 22.2. The lowest BCUT2D eigenvalue weighted by atomic mass is 9.85. The Morgan fingerprint density at radius 2 is 0.918 bits per heavy atom. The molecule has 2 aromatic carbocycles. The molecular weight excluding hydrogens is 823 g/mol. The van der Waals surface area contributed by atoms with Gasteiger partial charge < -0.3 is 40.9 Å². The number of nitrogens with one attached hydrogen (secondary N) is 4.